The van der Waals surface area contributed by atoms with E-state index in [1.54, 1.807) is 29.2 Å². The Morgan fingerprint density at radius 2 is 1.69 bits per heavy atom. The van der Waals surface area contributed by atoms with Gasteiger partial charge in [-0.15, -0.1) is 0 Å². The Bertz CT molecular complexity index is 866. The molecule has 0 saturated carbocycles. The molecule has 138 valence electrons. The topological polar surface area (TPSA) is 69.7 Å². The van der Waals surface area contributed by atoms with Gasteiger partial charge in [0, 0.05) is 37.2 Å². The number of carbonyl (C=O) groups excluding carboxylic acids is 1. The second-order valence-electron chi connectivity index (χ2n) is 5.99. The van der Waals surface area contributed by atoms with Crippen molar-refractivity contribution in [1.29, 1.82) is 0 Å². The molecule has 0 atom stereocenters. The highest BCUT2D eigenvalue weighted by Crippen LogP contribution is 2.21. The minimum absolute atomic E-state index is 0.173. The largest absolute Gasteiger partial charge is 0.334 e. The van der Waals surface area contributed by atoms with Crippen LogP contribution in [0.15, 0.2) is 64.0 Å². The van der Waals surface area contributed by atoms with Gasteiger partial charge in [-0.1, -0.05) is 52.3 Å². The first-order valence-electron chi connectivity index (χ1n) is 8.29. The summed E-state index contributed by atoms with van der Waals surface area (Å²) >= 11 is 3.30. The van der Waals surface area contributed by atoms with Gasteiger partial charge in [0.1, 0.15) is 0 Å². The minimum Gasteiger partial charge on any atom is -0.334 e. The molecule has 0 radical (unpaired) electrons. The van der Waals surface area contributed by atoms with Crippen molar-refractivity contribution in [3.8, 4) is 0 Å². The molecule has 1 fully saturated rings. The fraction of sp³-hybridized carbons (Fsp3) is 0.278. The van der Waals surface area contributed by atoms with E-state index in [1.165, 1.54) is 4.31 Å². The third-order valence-corrected chi connectivity index (χ3v) is 6.63. The lowest BCUT2D eigenvalue weighted by Crippen LogP contribution is -2.52. The summed E-state index contributed by atoms with van der Waals surface area (Å²) in [5.41, 5.74) is 1.02. The van der Waals surface area contributed by atoms with Crippen molar-refractivity contribution in [3.63, 3.8) is 0 Å². The van der Waals surface area contributed by atoms with Gasteiger partial charge in [-0.05, 0) is 23.8 Å². The average molecular weight is 438 g/mol. The number of hydrogen-bond donors (Lipinski definition) is 1. The number of amides is 2. The summed E-state index contributed by atoms with van der Waals surface area (Å²) in [6, 6.07) is 16.2. The Hall–Kier alpha value is -1.90. The van der Waals surface area contributed by atoms with Gasteiger partial charge in [-0.2, -0.15) is 4.31 Å². The summed E-state index contributed by atoms with van der Waals surface area (Å²) in [6.07, 6.45) is 0. The van der Waals surface area contributed by atoms with Crippen LogP contribution in [0.3, 0.4) is 0 Å². The fourth-order valence-corrected chi connectivity index (χ4v) is 4.81. The van der Waals surface area contributed by atoms with Gasteiger partial charge in [-0.25, -0.2) is 13.2 Å². The predicted octanol–water partition coefficient (Wildman–Crippen LogP) is 2.67. The first kappa shape index (κ1) is 18.9. The first-order chi connectivity index (χ1) is 12.5. The summed E-state index contributed by atoms with van der Waals surface area (Å²) in [5, 5.41) is 2.87. The lowest BCUT2D eigenvalue weighted by molar-refractivity contribution is 0.172. The van der Waals surface area contributed by atoms with Crippen LogP contribution >= 0.6 is 15.9 Å². The number of carbonyl (C=O) groups is 1. The molecule has 2 amide bonds. The summed E-state index contributed by atoms with van der Waals surface area (Å²) < 4.78 is 27.6. The van der Waals surface area contributed by atoms with Gasteiger partial charge in [0.25, 0.3) is 0 Å². The zero-order chi connectivity index (χ0) is 18.6. The van der Waals surface area contributed by atoms with Crippen LogP contribution in [-0.4, -0.2) is 49.8 Å². The molecule has 1 N–H and O–H groups in total. The van der Waals surface area contributed by atoms with Crippen molar-refractivity contribution in [1.82, 2.24) is 14.5 Å². The Kier molecular flexibility index (Phi) is 5.95. The normalized spacial score (nSPS) is 15.7. The summed E-state index contributed by atoms with van der Waals surface area (Å²) in [4.78, 5) is 14.2. The lowest BCUT2D eigenvalue weighted by atomic mass is 10.2. The van der Waals surface area contributed by atoms with Gasteiger partial charge < -0.3 is 10.2 Å². The second-order valence-corrected chi connectivity index (χ2v) is 8.85. The van der Waals surface area contributed by atoms with Gasteiger partial charge in [-0.3, -0.25) is 0 Å². The van der Waals surface area contributed by atoms with E-state index in [0.29, 0.717) is 19.6 Å². The van der Waals surface area contributed by atoms with Crippen molar-refractivity contribution in [2.45, 2.75) is 11.4 Å². The maximum Gasteiger partial charge on any atom is 0.317 e. The van der Waals surface area contributed by atoms with Crippen LogP contribution in [0.5, 0.6) is 0 Å². The van der Waals surface area contributed by atoms with Crippen LogP contribution < -0.4 is 5.32 Å². The molecule has 0 unspecified atom stereocenters. The lowest BCUT2D eigenvalue weighted by Gasteiger charge is -2.34. The first-order valence-corrected chi connectivity index (χ1v) is 10.5. The predicted molar refractivity (Wildman–Crippen MR) is 103 cm³/mol. The second kappa shape index (κ2) is 8.20. The zero-order valence-electron chi connectivity index (χ0n) is 14.1. The minimum atomic E-state index is -3.54. The molecule has 1 saturated heterocycles. The molecule has 1 heterocycles. The number of rotatable bonds is 4. The molecular weight excluding hydrogens is 418 g/mol. The molecule has 2 aromatic carbocycles. The van der Waals surface area contributed by atoms with E-state index in [0.717, 1.165) is 10.0 Å². The van der Waals surface area contributed by atoms with Crippen LogP contribution in [0.2, 0.25) is 0 Å². The van der Waals surface area contributed by atoms with E-state index in [9.17, 15) is 13.2 Å². The number of halogens is 1. The molecular formula is C18H20BrN3O3S. The van der Waals surface area contributed by atoms with Crippen LogP contribution in [0.1, 0.15) is 5.56 Å². The molecule has 1 aliphatic rings. The van der Waals surface area contributed by atoms with Crippen LogP contribution in [-0.2, 0) is 16.6 Å². The van der Waals surface area contributed by atoms with Gasteiger partial charge in [0.2, 0.25) is 10.0 Å². The molecule has 2 aromatic rings. The van der Waals surface area contributed by atoms with E-state index in [-0.39, 0.29) is 24.0 Å². The Morgan fingerprint density at radius 3 is 2.35 bits per heavy atom. The molecule has 26 heavy (non-hydrogen) atoms. The molecule has 6 nitrogen and oxygen atoms in total. The van der Waals surface area contributed by atoms with E-state index in [1.807, 2.05) is 30.3 Å². The number of nitrogens with one attached hydrogen (secondary N) is 1. The van der Waals surface area contributed by atoms with E-state index in [2.05, 4.69) is 21.2 Å². The highest BCUT2D eigenvalue weighted by molar-refractivity contribution is 9.10. The number of benzene rings is 2. The molecule has 0 spiro atoms. The third kappa shape index (κ3) is 4.44. The summed E-state index contributed by atoms with van der Waals surface area (Å²) in [7, 11) is -3.54. The van der Waals surface area contributed by atoms with Crippen LogP contribution in [0, 0.1) is 0 Å². The molecule has 0 aromatic heterocycles. The van der Waals surface area contributed by atoms with E-state index < -0.39 is 10.0 Å². The quantitative estimate of drug-likeness (QED) is 0.798. The highest BCUT2D eigenvalue weighted by atomic mass is 79.9. The van der Waals surface area contributed by atoms with Crippen molar-refractivity contribution < 1.29 is 13.2 Å². The van der Waals surface area contributed by atoms with Gasteiger partial charge in [0.05, 0.1) is 4.90 Å². The molecule has 1 aliphatic heterocycles. The Labute approximate surface area is 162 Å². The van der Waals surface area contributed by atoms with Crippen LogP contribution in [0.4, 0.5) is 4.79 Å². The monoisotopic (exact) mass is 437 g/mol. The Balaban J connectivity index is 1.56. The van der Waals surface area contributed by atoms with E-state index >= 15 is 0 Å². The molecule has 0 aliphatic carbocycles. The maximum atomic E-state index is 12.7. The average Bonchev–Trinajstić information content (AvgIpc) is 2.67. The summed E-state index contributed by atoms with van der Waals surface area (Å²) in [5.74, 6) is 0. The number of hydrogen-bond acceptors (Lipinski definition) is 3. The number of sulfonamides is 1. The number of nitrogens with zero attached hydrogens (tertiary/aromatic N) is 2. The Morgan fingerprint density at radius 1 is 1.00 bits per heavy atom. The van der Waals surface area contributed by atoms with Crippen molar-refractivity contribution in [2.75, 3.05) is 26.2 Å². The molecule has 3 rings (SSSR count). The van der Waals surface area contributed by atoms with Crippen molar-refractivity contribution >= 4 is 32.0 Å². The zero-order valence-corrected chi connectivity index (χ0v) is 16.5. The van der Waals surface area contributed by atoms with Gasteiger partial charge in [0.15, 0.2) is 0 Å². The maximum absolute atomic E-state index is 12.7. The number of piperazine rings is 1. The molecule has 8 heteroatoms. The standard InChI is InChI=1S/C18H20BrN3O3S/c19-16-7-4-8-17(13-16)26(24,25)22-11-9-21(10-12-22)18(23)20-14-15-5-2-1-3-6-15/h1-8,13H,9-12,14H2,(H,20,23). The fourth-order valence-electron chi connectivity index (χ4n) is 2.79. The van der Waals surface area contributed by atoms with Crippen molar-refractivity contribution in [2.24, 2.45) is 0 Å². The SMILES string of the molecule is O=C(NCc1ccccc1)N1CCN(S(=O)(=O)c2cccc(Br)c2)CC1. The smallest absolute Gasteiger partial charge is 0.317 e. The molecule has 0 bridgehead atoms. The highest BCUT2D eigenvalue weighted by Gasteiger charge is 2.30. The number of urea groups is 1. The van der Waals surface area contributed by atoms with Gasteiger partial charge >= 0.3 is 6.03 Å². The van der Waals surface area contributed by atoms with Crippen LogP contribution in [0.25, 0.3) is 0 Å². The van der Waals surface area contributed by atoms with Crippen molar-refractivity contribution in [3.05, 3.63) is 64.6 Å². The third-order valence-electron chi connectivity index (χ3n) is 4.25. The summed E-state index contributed by atoms with van der Waals surface area (Å²) in [6.45, 7) is 1.76. The van der Waals surface area contributed by atoms with E-state index in [4.69, 9.17) is 0 Å².